The first-order chi connectivity index (χ1) is 29.2. The van der Waals surface area contributed by atoms with Crippen LogP contribution in [0, 0.1) is 0 Å². The zero-order valence-corrected chi connectivity index (χ0v) is 31.8. The maximum Gasteiger partial charge on any atom is 0.164 e. The number of fused-ring (bicyclic) bond motifs is 7. The fraction of sp³-hybridized carbons (Fsp3) is 0. The number of rotatable bonds is 5. The Labute approximate surface area is 339 Å². The van der Waals surface area contributed by atoms with E-state index in [1.54, 1.807) is 0 Å². The van der Waals surface area contributed by atoms with Crippen molar-refractivity contribution >= 4 is 65.0 Å². The molecule has 0 saturated heterocycles. The minimum atomic E-state index is 0.614. The van der Waals surface area contributed by atoms with Gasteiger partial charge in [-0.15, -0.1) is 0 Å². The molecule has 0 radical (unpaired) electrons. The maximum atomic E-state index is 6.22. The van der Waals surface area contributed by atoms with Gasteiger partial charge in [-0.3, -0.25) is 0 Å². The van der Waals surface area contributed by atoms with E-state index in [4.69, 9.17) is 19.4 Å². The van der Waals surface area contributed by atoms with Crippen LogP contribution in [0.1, 0.15) is 0 Å². The number of benzene rings is 10. The summed E-state index contributed by atoms with van der Waals surface area (Å²) in [5.41, 5.74) is 9.16. The Morgan fingerprint density at radius 1 is 0.254 bits per heavy atom. The van der Waals surface area contributed by atoms with E-state index >= 15 is 0 Å². The predicted octanol–water partition coefficient (Wildman–Crippen LogP) is 14.7. The number of hydrogen-bond donors (Lipinski definition) is 0. The van der Waals surface area contributed by atoms with Crippen LogP contribution in [0.4, 0.5) is 0 Å². The molecule has 12 rings (SSSR count). The summed E-state index contributed by atoms with van der Waals surface area (Å²) in [5.74, 6) is 1.85. The maximum absolute atomic E-state index is 6.22. The molecule has 0 fully saturated rings. The second-order valence-corrected chi connectivity index (χ2v) is 15.3. The lowest BCUT2D eigenvalue weighted by Gasteiger charge is -2.13. The first-order valence-corrected chi connectivity index (χ1v) is 19.9. The zero-order valence-electron chi connectivity index (χ0n) is 31.8. The zero-order chi connectivity index (χ0) is 38.9. The van der Waals surface area contributed by atoms with Crippen molar-refractivity contribution in [1.82, 2.24) is 15.0 Å². The van der Waals surface area contributed by atoms with E-state index in [0.717, 1.165) is 82.3 Å². The van der Waals surface area contributed by atoms with Gasteiger partial charge < -0.3 is 4.42 Å². The monoisotopic (exact) mass is 751 g/mol. The molecule has 0 N–H and O–H groups in total. The van der Waals surface area contributed by atoms with Gasteiger partial charge in [0.15, 0.2) is 17.5 Å². The number of nitrogens with zero attached hydrogens (tertiary/aromatic N) is 3. The van der Waals surface area contributed by atoms with Crippen LogP contribution in [0.15, 0.2) is 205 Å². The van der Waals surface area contributed by atoms with Gasteiger partial charge in [0.25, 0.3) is 0 Å². The van der Waals surface area contributed by atoms with Gasteiger partial charge >= 0.3 is 0 Å². The first kappa shape index (κ1) is 33.2. The highest BCUT2D eigenvalue weighted by Crippen LogP contribution is 2.37. The molecule has 0 unspecified atom stereocenters. The van der Waals surface area contributed by atoms with Crippen LogP contribution in [0.5, 0.6) is 0 Å². The molecule has 0 bridgehead atoms. The van der Waals surface area contributed by atoms with Crippen molar-refractivity contribution in [2.45, 2.75) is 0 Å². The van der Waals surface area contributed by atoms with Gasteiger partial charge in [-0.1, -0.05) is 146 Å². The molecule has 4 heteroatoms. The van der Waals surface area contributed by atoms with Crippen molar-refractivity contribution in [1.29, 1.82) is 0 Å². The van der Waals surface area contributed by atoms with Gasteiger partial charge in [0.1, 0.15) is 11.2 Å². The summed E-state index contributed by atoms with van der Waals surface area (Å²) in [4.78, 5) is 15.7. The lowest BCUT2D eigenvalue weighted by Crippen LogP contribution is -2.00. The molecule has 0 amide bonds. The molecule has 0 atom stereocenters. The predicted molar refractivity (Wildman–Crippen MR) is 244 cm³/mol. The highest BCUT2D eigenvalue weighted by molar-refractivity contribution is 6.10. The van der Waals surface area contributed by atoms with Crippen molar-refractivity contribution in [3.63, 3.8) is 0 Å². The van der Waals surface area contributed by atoms with E-state index in [-0.39, 0.29) is 0 Å². The second-order valence-electron chi connectivity index (χ2n) is 15.3. The van der Waals surface area contributed by atoms with Crippen LogP contribution in [-0.2, 0) is 0 Å². The molecule has 0 saturated carbocycles. The average Bonchev–Trinajstić information content (AvgIpc) is 3.67. The molecule has 0 spiro atoms. The van der Waals surface area contributed by atoms with Crippen molar-refractivity contribution in [2.24, 2.45) is 0 Å². The Kier molecular flexibility index (Phi) is 7.50. The molecule has 4 nitrogen and oxygen atoms in total. The summed E-state index contributed by atoms with van der Waals surface area (Å²) in [6, 6.07) is 70.8. The number of furan rings is 1. The minimum Gasteiger partial charge on any atom is -0.456 e. The Morgan fingerprint density at radius 2 is 0.746 bits per heavy atom. The second kappa shape index (κ2) is 13.3. The average molecular weight is 752 g/mol. The van der Waals surface area contributed by atoms with Gasteiger partial charge in [0, 0.05) is 27.5 Å². The van der Waals surface area contributed by atoms with Crippen molar-refractivity contribution < 1.29 is 4.42 Å². The first-order valence-electron chi connectivity index (χ1n) is 19.9. The van der Waals surface area contributed by atoms with Gasteiger partial charge in [-0.05, 0) is 120 Å². The summed E-state index contributed by atoms with van der Waals surface area (Å²) in [5, 5.41) is 11.4. The van der Waals surface area contributed by atoms with Crippen LogP contribution in [0.3, 0.4) is 0 Å². The van der Waals surface area contributed by atoms with Gasteiger partial charge in [0.2, 0.25) is 0 Å². The molecular weight excluding hydrogens is 719 g/mol. The van der Waals surface area contributed by atoms with Gasteiger partial charge in [-0.25, -0.2) is 15.0 Å². The Bertz CT molecular complexity index is 3620. The third kappa shape index (κ3) is 5.81. The molecule has 0 aliphatic rings. The minimum absolute atomic E-state index is 0.614. The number of hydrogen-bond acceptors (Lipinski definition) is 4. The van der Waals surface area contributed by atoms with Crippen molar-refractivity contribution in [3.8, 4) is 56.4 Å². The molecule has 10 aromatic carbocycles. The van der Waals surface area contributed by atoms with Crippen LogP contribution < -0.4 is 0 Å². The number of aromatic nitrogens is 3. The van der Waals surface area contributed by atoms with E-state index < -0.39 is 0 Å². The van der Waals surface area contributed by atoms with Crippen molar-refractivity contribution in [3.05, 3.63) is 200 Å². The van der Waals surface area contributed by atoms with E-state index in [2.05, 4.69) is 188 Å². The molecule has 274 valence electrons. The SMILES string of the molecule is c1ccc(-c2cc(-c3nc(-c4ccc5ccc(-c6ccc7ccccc7c6)cc5c4)nc(-c4ccc5cc6oc7ccccc7c6cc5c4)n3)cc3ccccc23)cc1. The summed E-state index contributed by atoms with van der Waals surface area (Å²) < 4.78 is 6.22. The van der Waals surface area contributed by atoms with Crippen LogP contribution >= 0.6 is 0 Å². The van der Waals surface area contributed by atoms with Crippen molar-refractivity contribution in [2.75, 3.05) is 0 Å². The third-order valence-electron chi connectivity index (χ3n) is 11.6. The summed E-state index contributed by atoms with van der Waals surface area (Å²) >= 11 is 0. The fourth-order valence-corrected chi connectivity index (χ4v) is 8.60. The highest BCUT2D eigenvalue weighted by atomic mass is 16.3. The fourth-order valence-electron chi connectivity index (χ4n) is 8.60. The molecule has 0 aliphatic heterocycles. The highest BCUT2D eigenvalue weighted by Gasteiger charge is 2.17. The quantitative estimate of drug-likeness (QED) is 0.176. The summed E-state index contributed by atoms with van der Waals surface area (Å²) in [6.45, 7) is 0. The van der Waals surface area contributed by atoms with Crippen LogP contribution in [0.25, 0.3) is 121 Å². The largest absolute Gasteiger partial charge is 0.456 e. The van der Waals surface area contributed by atoms with E-state index in [9.17, 15) is 0 Å². The van der Waals surface area contributed by atoms with Gasteiger partial charge in [-0.2, -0.15) is 0 Å². The topological polar surface area (TPSA) is 51.8 Å². The van der Waals surface area contributed by atoms with E-state index in [0.29, 0.717) is 17.5 Å². The molecule has 0 aliphatic carbocycles. The third-order valence-corrected chi connectivity index (χ3v) is 11.6. The molecular formula is C55H33N3O. The summed E-state index contributed by atoms with van der Waals surface area (Å²) in [6.07, 6.45) is 0. The Balaban J connectivity index is 1.05. The normalized spacial score (nSPS) is 11.7. The number of para-hydroxylation sites is 1. The van der Waals surface area contributed by atoms with E-state index in [1.165, 1.54) is 21.7 Å². The van der Waals surface area contributed by atoms with Crippen LogP contribution in [-0.4, -0.2) is 15.0 Å². The smallest absolute Gasteiger partial charge is 0.164 e. The van der Waals surface area contributed by atoms with Gasteiger partial charge in [0.05, 0.1) is 0 Å². The van der Waals surface area contributed by atoms with Crippen LogP contribution in [0.2, 0.25) is 0 Å². The lowest BCUT2D eigenvalue weighted by molar-refractivity contribution is 0.669. The molecule has 59 heavy (non-hydrogen) atoms. The molecule has 12 aromatic rings. The molecule has 2 aromatic heterocycles. The molecule has 2 heterocycles. The lowest BCUT2D eigenvalue weighted by atomic mass is 9.95. The summed E-state index contributed by atoms with van der Waals surface area (Å²) in [7, 11) is 0. The Morgan fingerprint density at radius 3 is 1.49 bits per heavy atom. The standard InChI is InChI=1S/C55H33N3O/c1-2-11-36(12-3-1)49-32-46(28-41-14-6-7-15-47(41)49)55-57-53(42-24-20-35-19-22-39(27-44(35)29-42)38-21-18-34-10-4-5-13-37(34)26-38)56-54(58-55)43-25-23-40-33-52-50(31-45(40)30-43)48-16-8-9-17-51(48)59-52/h1-33H. The van der Waals surface area contributed by atoms with E-state index in [1.807, 2.05) is 12.1 Å². The Hall–Kier alpha value is -7.95.